The third kappa shape index (κ3) is 1.68. The van der Waals surface area contributed by atoms with Crippen LogP contribution in [0.3, 0.4) is 0 Å². The van der Waals surface area contributed by atoms with Crippen LogP contribution in [0.25, 0.3) is 0 Å². The Morgan fingerprint density at radius 1 is 1.67 bits per heavy atom. The number of hydrogen-bond donors (Lipinski definition) is 2. The molecule has 3 heteroatoms. The minimum absolute atomic E-state index is 0.0324. The van der Waals surface area contributed by atoms with Crippen LogP contribution in [0.4, 0.5) is 4.39 Å². The molecule has 1 aliphatic rings. The Labute approximate surface area is 53.4 Å². The lowest BCUT2D eigenvalue weighted by molar-refractivity contribution is 0.358. The number of aliphatic hydroxyl groups excluding tert-OH is 1. The molecule has 2 N–H and O–H groups in total. The molecule has 1 fully saturated rings. The van der Waals surface area contributed by atoms with Crippen molar-refractivity contribution in [2.75, 3.05) is 6.54 Å². The highest BCUT2D eigenvalue weighted by atomic mass is 19.1. The molecule has 0 bridgehead atoms. The van der Waals surface area contributed by atoms with E-state index in [0.717, 1.165) is 6.26 Å². The fourth-order valence-corrected chi connectivity index (χ4v) is 0.972. The summed E-state index contributed by atoms with van der Waals surface area (Å²) in [7, 11) is 0. The van der Waals surface area contributed by atoms with Gasteiger partial charge in [0.15, 0.2) is 0 Å². The number of hydrogen-bond acceptors (Lipinski definition) is 2. The Morgan fingerprint density at radius 2 is 2.44 bits per heavy atom. The lowest BCUT2D eigenvalue weighted by Crippen LogP contribution is -2.18. The zero-order valence-corrected chi connectivity index (χ0v) is 5.05. The highest BCUT2D eigenvalue weighted by molar-refractivity contribution is 4.95. The first-order valence-electron chi connectivity index (χ1n) is 3.01. The highest BCUT2D eigenvalue weighted by Crippen LogP contribution is 2.09. The van der Waals surface area contributed by atoms with Gasteiger partial charge in [-0.1, -0.05) is 0 Å². The summed E-state index contributed by atoms with van der Waals surface area (Å²) in [5.41, 5.74) is 0. The molecule has 1 saturated heterocycles. The van der Waals surface area contributed by atoms with Gasteiger partial charge in [-0.25, -0.2) is 4.39 Å². The van der Waals surface area contributed by atoms with E-state index in [1.54, 1.807) is 6.08 Å². The van der Waals surface area contributed by atoms with Crippen molar-refractivity contribution < 1.29 is 9.50 Å². The highest BCUT2D eigenvalue weighted by Gasteiger charge is 2.20. The Bertz CT molecular complexity index is 116. The second-order valence-electron chi connectivity index (χ2n) is 2.19. The minimum Gasteiger partial charge on any atom is -0.516 e. The summed E-state index contributed by atoms with van der Waals surface area (Å²) in [5, 5.41) is 11.2. The fourth-order valence-electron chi connectivity index (χ4n) is 0.972. The average Bonchev–Trinajstić information content (AvgIpc) is 2.17. The maximum absolute atomic E-state index is 12.3. The van der Waals surface area contributed by atoms with E-state index in [9.17, 15) is 4.39 Å². The fraction of sp³-hybridized carbons (Fsp3) is 0.667. The van der Waals surface area contributed by atoms with E-state index in [1.165, 1.54) is 0 Å². The van der Waals surface area contributed by atoms with Crippen LogP contribution in [0.1, 0.15) is 6.42 Å². The first kappa shape index (κ1) is 6.55. The number of halogens is 1. The summed E-state index contributed by atoms with van der Waals surface area (Å²) in [6.07, 6.45) is 2.25. The SMILES string of the molecule is O/C=C/[C@H]1C[C@@H](F)CN1. The van der Waals surface area contributed by atoms with Crippen molar-refractivity contribution in [1.82, 2.24) is 5.32 Å². The van der Waals surface area contributed by atoms with Gasteiger partial charge < -0.3 is 10.4 Å². The molecular weight excluding hydrogens is 121 g/mol. The second kappa shape index (κ2) is 2.82. The smallest absolute Gasteiger partial charge is 0.114 e. The van der Waals surface area contributed by atoms with Crippen molar-refractivity contribution in [2.24, 2.45) is 0 Å². The first-order valence-corrected chi connectivity index (χ1v) is 3.01. The Hall–Kier alpha value is -0.570. The van der Waals surface area contributed by atoms with Crippen molar-refractivity contribution in [3.05, 3.63) is 12.3 Å². The van der Waals surface area contributed by atoms with Gasteiger partial charge in [-0.15, -0.1) is 0 Å². The quantitative estimate of drug-likeness (QED) is 0.515. The van der Waals surface area contributed by atoms with Gasteiger partial charge in [0.05, 0.1) is 6.26 Å². The van der Waals surface area contributed by atoms with Crippen molar-refractivity contribution in [1.29, 1.82) is 0 Å². The molecule has 1 aliphatic heterocycles. The molecular formula is C6H10FNO. The Balaban J connectivity index is 2.30. The van der Waals surface area contributed by atoms with Gasteiger partial charge in [0, 0.05) is 12.6 Å². The molecule has 0 aromatic rings. The summed E-state index contributed by atoms with van der Waals surface area (Å²) >= 11 is 0. The van der Waals surface area contributed by atoms with Crippen molar-refractivity contribution >= 4 is 0 Å². The molecule has 0 unspecified atom stereocenters. The molecule has 0 aliphatic carbocycles. The van der Waals surface area contributed by atoms with Gasteiger partial charge in [0.2, 0.25) is 0 Å². The van der Waals surface area contributed by atoms with E-state index in [0.29, 0.717) is 13.0 Å². The van der Waals surface area contributed by atoms with Crippen LogP contribution in [0, 0.1) is 0 Å². The molecule has 0 amide bonds. The van der Waals surface area contributed by atoms with Gasteiger partial charge in [0.25, 0.3) is 0 Å². The standard InChI is InChI=1S/C6H10FNO/c7-5-3-6(1-2-9)8-4-5/h1-2,5-6,8-9H,3-4H2/b2-1+/t5-,6+/m1/s1. The average molecular weight is 131 g/mol. The molecule has 2 nitrogen and oxygen atoms in total. The molecule has 2 atom stereocenters. The Kier molecular flexibility index (Phi) is 2.05. The van der Waals surface area contributed by atoms with Crippen LogP contribution in [0.5, 0.6) is 0 Å². The summed E-state index contributed by atoms with van der Waals surface area (Å²) in [5.74, 6) is 0. The number of rotatable bonds is 1. The molecule has 0 saturated carbocycles. The summed E-state index contributed by atoms with van der Waals surface area (Å²) in [6.45, 7) is 0.412. The zero-order valence-electron chi connectivity index (χ0n) is 5.05. The zero-order chi connectivity index (χ0) is 6.69. The summed E-state index contributed by atoms with van der Waals surface area (Å²) < 4.78 is 12.3. The van der Waals surface area contributed by atoms with E-state index >= 15 is 0 Å². The Morgan fingerprint density at radius 3 is 2.89 bits per heavy atom. The molecule has 0 radical (unpaired) electrons. The third-order valence-corrected chi connectivity index (χ3v) is 1.43. The van der Waals surface area contributed by atoms with E-state index in [-0.39, 0.29) is 6.04 Å². The van der Waals surface area contributed by atoms with Gasteiger partial charge in [-0.3, -0.25) is 0 Å². The van der Waals surface area contributed by atoms with E-state index in [1.807, 2.05) is 0 Å². The maximum atomic E-state index is 12.3. The van der Waals surface area contributed by atoms with Gasteiger partial charge in [-0.2, -0.15) is 0 Å². The van der Waals surface area contributed by atoms with E-state index in [4.69, 9.17) is 5.11 Å². The molecule has 9 heavy (non-hydrogen) atoms. The summed E-state index contributed by atoms with van der Waals surface area (Å²) in [6, 6.07) is 0.0324. The molecule has 0 spiro atoms. The third-order valence-electron chi connectivity index (χ3n) is 1.43. The maximum Gasteiger partial charge on any atom is 0.114 e. The number of alkyl halides is 1. The van der Waals surface area contributed by atoms with Crippen LogP contribution in [-0.4, -0.2) is 23.9 Å². The number of aliphatic hydroxyl groups is 1. The molecule has 0 aromatic heterocycles. The van der Waals surface area contributed by atoms with Crippen molar-refractivity contribution in [3.63, 3.8) is 0 Å². The lowest BCUT2D eigenvalue weighted by atomic mass is 10.2. The first-order chi connectivity index (χ1) is 4.33. The molecule has 0 aromatic carbocycles. The van der Waals surface area contributed by atoms with E-state index in [2.05, 4.69) is 5.32 Å². The van der Waals surface area contributed by atoms with Gasteiger partial charge >= 0.3 is 0 Å². The second-order valence-corrected chi connectivity index (χ2v) is 2.19. The predicted molar refractivity (Wildman–Crippen MR) is 33.1 cm³/mol. The van der Waals surface area contributed by atoms with Crippen LogP contribution in [0.15, 0.2) is 12.3 Å². The van der Waals surface area contributed by atoms with Crippen LogP contribution < -0.4 is 5.32 Å². The van der Waals surface area contributed by atoms with Crippen molar-refractivity contribution in [2.45, 2.75) is 18.6 Å². The molecule has 1 heterocycles. The largest absolute Gasteiger partial charge is 0.516 e. The predicted octanol–water partition coefficient (Wildman–Crippen LogP) is 0.758. The molecule has 1 rings (SSSR count). The molecule has 52 valence electrons. The minimum atomic E-state index is -0.744. The van der Waals surface area contributed by atoms with Gasteiger partial charge in [-0.05, 0) is 12.5 Å². The van der Waals surface area contributed by atoms with Crippen LogP contribution >= 0.6 is 0 Å². The normalized spacial score (nSPS) is 36.1. The lowest BCUT2D eigenvalue weighted by Gasteiger charge is -1.98. The number of nitrogens with one attached hydrogen (secondary N) is 1. The monoisotopic (exact) mass is 131 g/mol. The topological polar surface area (TPSA) is 32.3 Å². The van der Waals surface area contributed by atoms with Crippen molar-refractivity contribution in [3.8, 4) is 0 Å². The van der Waals surface area contributed by atoms with E-state index < -0.39 is 6.17 Å². The van der Waals surface area contributed by atoms with Gasteiger partial charge in [0.1, 0.15) is 6.17 Å². The van der Waals surface area contributed by atoms with Crippen LogP contribution in [0.2, 0.25) is 0 Å². The van der Waals surface area contributed by atoms with Crippen LogP contribution in [-0.2, 0) is 0 Å². The summed E-state index contributed by atoms with van der Waals surface area (Å²) in [4.78, 5) is 0.